The summed E-state index contributed by atoms with van der Waals surface area (Å²) in [4.78, 5) is 22.1. The van der Waals surface area contributed by atoms with Crippen LogP contribution in [0, 0.1) is 21.7 Å². The average Bonchev–Trinajstić information content (AvgIpc) is 2.49. The highest BCUT2D eigenvalue weighted by atomic mass is 79.9. The Hall–Kier alpha value is -2.55. The minimum absolute atomic E-state index is 0.0843. The van der Waals surface area contributed by atoms with Crippen molar-refractivity contribution in [2.45, 2.75) is 0 Å². The zero-order chi connectivity index (χ0) is 17.0. The van der Waals surface area contributed by atoms with E-state index in [4.69, 9.17) is 0 Å². The van der Waals surface area contributed by atoms with Gasteiger partial charge in [-0.3, -0.25) is 14.9 Å². The standard InChI is InChI=1S/C14H10BrF2N3O3/c15-8-1-4-12(13(5-8)20(22)23)18-7-14(21)19-9-2-3-10(16)11(17)6-9/h1-6,18H,7H2,(H,19,21). The first-order valence-corrected chi connectivity index (χ1v) is 7.09. The molecule has 0 spiro atoms. The van der Waals surface area contributed by atoms with Crippen molar-refractivity contribution in [3.05, 3.63) is 62.6 Å². The van der Waals surface area contributed by atoms with Crippen LogP contribution in [0.5, 0.6) is 0 Å². The van der Waals surface area contributed by atoms with Gasteiger partial charge in [-0.25, -0.2) is 8.78 Å². The number of rotatable bonds is 5. The Morgan fingerprint density at radius 3 is 2.57 bits per heavy atom. The molecule has 2 N–H and O–H groups in total. The Bertz CT molecular complexity index is 771. The summed E-state index contributed by atoms with van der Waals surface area (Å²) < 4.78 is 26.4. The third-order valence-electron chi connectivity index (χ3n) is 2.80. The van der Waals surface area contributed by atoms with E-state index < -0.39 is 22.5 Å². The van der Waals surface area contributed by atoms with Crippen LogP contribution in [0.15, 0.2) is 40.9 Å². The van der Waals surface area contributed by atoms with Crippen LogP contribution in [0.4, 0.5) is 25.8 Å². The molecule has 0 unspecified atom stereocenters. The number of carbonyl (C=O) groups excluding carboxylic acids is 1. The molecule has 2 aromatic carbocycles. The number of nitrogens with one attached hydrogen (secondary N) is 2. The van der Waals surface area contributed by atoms with Gasteiger partial charge in [0.15, 0.2) is 11.6 Å². The molecule has 0 saturated carbocycles. The van der Waals surface area contributed by atoms with Gasteiger partial charge in [-0.1, -0.05) is 15.9 Å². The summed E-state index contributed by atoms with van der Waals surface area (Å²) in [5, 5.41) is 15.9. The van der Waals surface area contributed by atoms with Gasteiger partial charge in [-0.05, 0) is 24.3 Å². The van der Waals surface area contributed by atoms with Crippen molar-refractivity contribution in [2.75, 3.05) is 17.2 Å². The topological polar surface area (TPSA) is 84.3 Å². The van der Waals surface area contributed by atoms with Crippen molar-refractivity contribution in [2.24, 2.45) is 0 Å². The van der Waals surface area contributed by atoms with E-state index in [9.17, 15) is 23.7 Å². The molecule has 0 radical (unpaired) electrons. The van der Waals surface area contributed by atoms with Gasteiger partial charge >= 0.3 is 0 Å². The second-order valence-electron chi connectivity index (χ2n) is 4.45. The molecule has 23 heavy (non-hydrogen) atoms. The van der Waals surface area contributed by atoms with E-state index in [1.807, 2.05) is 0 Å². The predicted molar refractivity (Wildman–Crippen MR) is 84.3 cm³/mol. The number of nitro groups is 1. The molecule has 120 valence electrons. The molecule has 0 aliphatic carbocycles. The molecule has 6 nitrogen and oxygen atoms in total. The average molecular weight is 386 g/mol. The maximum atomic E-state index is 13.0. The molecule has 0 aliphatic heterocycles. The number of nitro benzene ring substituents is 1. The van der Waals surface area contributed by atoms with Crippen molar-refractivity contribution in [1.29, 1.82) is 0 Å². The first-order valence-electron chi connectivity index (χ1n) is 6.29. The Balaban J connectivity index is 2.02. The first kappa shape index (κ1) is 16.8. The van der Waals surface area contributed by atoms with Gasteiger partial charge in [0.2, 0.25) is 5.91 Å². The predicted octanol–water partition coefficient (Wildman–Crippen LogP) is 3.69. The number of carbonyl (C=O) groups is 1. The van der Waals surface area contributed by atoms with Crippen LogP contribution in [0.1, 0.15) is 0 Å². The summed E-state index contributed by atoms with van der Waals surface area (Å²) in [6, 6.07) is 7.27. The third-order valence-corrected chi connectivity index (χ3v) is 3.29. The van der Waals surface area contributed by atoms with E-state index >= 15 is 0 Å². The molecule has 0 bridgehead atoms. The summed E-state index contributed by atoms with van der Waals surface area (Å²) in [6.45, 7) is -0.276. The number of hydrogen-bond acceptors (Lipinski definition) is 4. The van der Waals surface area contributed by atoms with Crippen LogP contribution in [-0.4, -0.2) is 17.4 Å². The van der Waals surface area contributed by atoms with Crippen LogP contribution in [0.25, 0.3) is 0 Å². The number of amides is 1. The maximum Gasteiger partial charge on any atom is 0.293 e. The molecular weight excluding hydrogens is 376 g/mol. The minimum atomic E-state index is -1.08. The molecule has 2 rings (SSSR count). The molecule has 0 saturated heterocycles. The Kier molecular flexibility index (Phi) is 5.22. The lowest BCUT2D eigenvalue weighted by Gasteiger charge is -2.09. The third kappa shape index (κ3) is 4.46. The monoisotopic (exact) mass is 385 g/mol. The van der Waals surface area contributed by atoms with Gasteiger partial charge in [0.25, 0.3) is 5.69 Å². The fourth-order valence-corrected chi connectivity index (χ4v) is 2.11. The summed E-state index contributed by atoms with van der Waals surface area (Å²) in [7, 11) is 0. The number of anilines is 2. The SMILES string of the molecule is O=C(CNc1ccc(Br)cc1[N+](=O)[O-])Nc1ccc(F)c(F)c1. The Morgan fingerprint density at radius 2 is 1.91 bits per heavy atom. The van der Waals surface area contributed by atoms with E-state index in [0.29, 0.717) is 4.47 Å². The number of benzene rings is 2. The largest absolute Gasteiger partial charge is 0.371 e. The Morgan fingerprint density at radius 1 is 1.17 bits per heavy atom. The lowest BCUT2D eigenvalue weighted by atomic mass is 10.2. The molecular formula is C14H10BrF2N3O3. The first-order chi connectivity index (χ1) is 10.9. The lowest BCUT2D eigenvalue weighted by molar-refractivity contribution is -0.384. The quantitative estimate of drug-likeness (QED) is 0.607. The minimum Gasteiger partial charge on any atom is -0.371 e. The fourth-order valence-electron chi connectivity index (χ4n) is 1.76. The van der Waals surface area contributed by atoms with E-state index in [-0.39, 0.29) is 23.6 Å². The van der Waals surface area contributed by atoms with Crippen LogP contribution < -0.4 is 10.6 Å². The fraction of sp³-hybridized carbons (Fsp3) is 0.0714. The van der Waals surface area contributed by atoms with Gasteiger partial charge in [-0.15, -0.1) is 0 Å². The Labute approximate surface area is 137 Å². The van der Waals surface area contributed by atoms with Crippen molar-refractivity contribution in [3.8, 4) is 0 Å². The zero-order valence-electron chi connectivity index (χ0n) is 11.5. The number of hydrogen-bond donors (Lipinski definition) is 2. The number of nitrogens with zero attached hydrogens (tertiary/aromatic N) is 1. The molecule has 0 aliphatic rings. The highest BCUT2D eigenvalue weighted by Gasteiger charge is 2.15. The van der Waals surface area contributed by atoms with Gasteiger partial charge in [0.05, 0.1) is 11.5 Å². The lowest BCUT2D eigenvalue weighted by Crippen LogP contribution is -2.22. The van der Waals surface area contributed by atoms with Gasteiger partial charge in [0, 0.05) is 22.3 Å². The van der Waals surface area contributed by atoms with Gasteiger partial charge in [0.1, 0.15) is 5.69 Å². The van der Waals surface area contributed by atoms with E-state index in [1.165, 1.54) is 18.2 Å². The highest BCUT2D eigenvalue weighted by Crippen LogP contribution is 2.27. The van der Waals surface area contributed by atoms with Crippen molar-refractivity contribution >= 4 is 38.9 Å². The van der Waals surface area contributed by atoms with E-state index in [0.717, 1.165) is 12.1 Å². The van der Waals surface area contributed by atoms with Crippen LogP contribution >= 0.6 is 15.9 Å². The van der Waals surface area contributed by atoms with E-state index in [2.05, 4.69) is 26.6 Å². The summed E-state index contributed by atoms with van der Waals surface area (Å²) in [6.07, 6.45) is 0. The maximum absolute atomic E-state index is 13.0. The summed E-state index contributed by atoms with van der Waals surface area (Å²) in [5.74, 6) is -2.67. The molecule has 0 atom stereocenters. The normalized spacial score (nSPS) is 10.2. The molecule has 0 heterocycles. The van der Waals surface area contributed by atoms with Crippen LogP contribution in [0.3, 0.4) is 0 Å². The molecule has 2 aromatic rings. The van der Waals surface area contributed by atoms with Crippen LogP contribution in [-0.2, 0) is 4.79 Å². The van der Waals surface area contributed by atoms with Crippen molar-refractivity contribution in [1.82, 2.24) is 0 Å². The van der Waals surface area contributed by atoms with Crippen molar-refractivity contribution in [3.63, 3.8) is 0 Å². The van der Waals surface area contributed by atoms with E-state index in [1.54, 1.807) is 6.07 Å². The molecule has 0 fully saturated rings. The van der Waals surface area contributed by atoms with Crippen LogP contribution in [0.2, 0.25) is 0 Å². The van der Waals surface area contributed by atoms with Gasteiger partial charge < -0.3 is 10.6 Å². The summed E-state index contributed by atoms with van der Waals surface area (Å²) in [5.41, 5.74) is 0.0552. The summed E-state index contributed by atoms with van der Waals surface area (Å²) >= 11 is 3.12. The van der Waals surface area contributed by atoms with Gasteiger partial charge in [-0.2, -0.15) is 0 Å². The number of halogens is 3. The molecule has 9 heteroatoms. The molecule has 1 amide bonds. The van der Waals surface area contributed by atoms with Crippen molar-refractivity contribution < 1.29 is 18.5 Å². The molecule has 0 aromatic heterocycles. The highest BCUT2D eigenvalue weighted by molar-refractivity contribution is 9.10. The zero-order valence-corrected chi connectivity index (χ0v) is 13.1. The second-order valence-corrected chi connectivity index (χ2v) is 5.36. The second kappa shape index (κ2) is 7.14. The smallest absolute Gasteiger partial charge is 0.293 e.